The summed E-state index contributed by atoms with van der Waals surface area (Å²) >= 11 is 0. The lowest BCUT2D eigenvalue weighted by atomic mass is 9.71. The minimum Gasteiger partial charge on any atom is -0.493 e. The zero-order valence-electron chi connectivity index (χ0n) is 18.0. The summed E-state index contributed by atoms with van der Waals surface area (Å²) in [6.45, 7) is 5.63. The Morgan fingerprint density at radius 1 is 1.16 bits per heavy atom. The van der Waals surface area contributed by atoms with Gasteiger partial charge in [0, 0.05) is 22.9 Å². The van der Waals surface area contributed by atoms with E-state index in [0.29, 0.717) is 11.5 Å². The summed E-state index contributed by atoms with van der Waals surface area (Å²) in [5, 5.41) is 13.1. The van der Waals surface area contributed by atoms with Crippen LogP contribution in [0.2, 0.25) is 0 Å². The predicted molar refractivity (Wildman–Crippen MR) is 109 cm³/mol. The lowest BCUT2D eigenvalue weighted by Gasteiger charge is -2.31. The zero-order chi connectivity index (χ0) is 22.1. The minimum atomic E-state index is -0.530. The number of hydrogen-bond donors (Lipinski definition) is 0. The van der Waals surface area contributed by atoms with E-state index in [-0.39, 0.29) is 54.1 Å². The fraction of sp³-hybridized carbons (Fsp3) is 0.565. The second kappa shape index (κ2) is 6.71. The molecule has 2 amide bonds. The zero-order valence-corrected chi connectivity index (χ0v) is 18.0. The Bertz CT molecular complexity index is 1040. The second-order valence-electron chi connectivity index (χ2n) is 9.68. The number of likely N-dealkylation sites (tertiary alicyclic amines) is 1. The standard InChI is InChI=1S/C23H25N3O5/c1-23(2,3)26-21(27)16-12-10-13(17(16)22(26)28)20-18(12)19(25-31-20)11-5-6-14(30-8-7-24)15(9-11)29-4/h5-6,9,12-13,16-18,20H,8,10H2,1-4H3. The molecular formula is C23H25N3O5. The Morgan fingerprint density at radius 3 is 2.52 bits per heavy atom. The van der Waals surface area contributed by atoms with Crippen LogP contribution in [0.5, 0.6) is 11.5 Å². The van der Waals surface area contributed by atoms with E-state index in [1.54, 1.807) is 13.2 Å². The van der Waals surface area contributed by atoms with Crippen LogP contribution in [0, 0.1) is 40.9 Å². The van der Waals surface area contributed by atoms with E-state index in [9.17, 15) is 9.59 Å². The summed E-state index contributed by atoms with van der Waals surface area (Å²) < 4.78 is 10.8. The molecule has 1 saturated heterocycles. The van der Waals surface area contributed by atoms with Crippen LogP contribution in [0.3, 0.4) is 0 Å². The lowest BCUT2D eigenvalue weighted by Crippen LogP contribution is -2.46. The number of amides is 2. The molecule has 1 aromatic carbocycles. The first-order chi connectivity index (χ1) is 14.8. The molecule has 4 aliphatic rings. The Balaban J connectivity index is 1.45. The van der Waals surface area contributed by atoms with Crippen molar-refractivity contribution in [3.8, 4) is 17.6 Å². The molecule has 2 heterocycles. The third kappa shape index (κ3) is 2.68. The van der Waals surface area contributed by atoms with Crippen LogP contribution in [0.25, 0.3) is 0 Å². The molecule has 0 radical (unpaired) electrons. The molecule has 8 nitrogen and oxygen atoms in total. The van der Waals surface area contributed by atoms with Crippen molar-refractivity contribution in [1.29, 1.82) is 5.26 Å². The molecule has 5 rings (SSSR count). The maximum atomic E-state index is 13.3. The number of nitrogens with zero attached hydrogens (tertiary/aromatic N) is 3. The Morgan fingerprint density at radius 2 is 1.87 bits per heavy atom. The van der Waals surface area contributed by atoms with Gasteiger partial charge in [0.2, 0.25) is 11.8 Å². The Kier molecular flexibility index (Phi) is 4.30. The van der Waals surface area contributed by atoms with Crippen molar-refractivity contribution in [2.24, 2.45) is 34.7 Å². The highest BCUT2D eigenvalue weighted by Gasteiger charge is 2.71. The van der Waals surface area contributed by atoms with E-state index >= 15 is 0 Å². The van der Waals surface area contributed by atoms with Crippen LogP contribution in [-0.2, 0) is 14.4 Å². The highest BCUT2D eigenvalue weighted by Crippen LogP contribution is 2.62. The largest absolute Gasteiger partial charge is 0.493 e. The van der Waals surface area contributed by atoms with Gasteiger partial charge in [-0.05, 0) is 51.3 Å². The van der Waals surface area contributed by atoms with Gasteiger partial charge in [0.05, 0.1) is 24.7 Å². The Hall–Kier alpha value is -3.08. The number of ether oxygens (including phenoxy) is 2. The molecule has 2 bridgehead atoms. The van der Waals surface area contributed by atoms with Crippen molar-refractivity contribution in [3.05, 3.63) is 23.8 Å². The normalized spacial score (nSPS) is 33.0. The molecule has 2 saturated carbocycles. The first-order valence-corrected chi connectivity index (χ1v) is 10.6. The highest BCUT2D eigenvalue weighted by molar-refractivity contribution is 6.09. The van der Waals surface area contributed by atoms with E-state index < -0.39 is 5.54 Å². The molecule has 0 aromatic heterocycles. The van der Waals surface area contributed by atoms with Crippen LogP contribution < -0.4 is 9.47 Å². The number of nitriles is 1. The van der Waals surface area contributed by atoms with Gasteiger partial charge in [-0.15, -0.1) is 0 Å². The van der Waals surface area contributed by atoms with Crippen LogP contribution in [0.4, 0.5) is 0 Å². The minimum absolute atomic E-state index is 0.00480. The summed E-state index contributed by atoms with van der Waals surface area (Å²) in [6.07, 6.45) is 0.623. The van der Waals surface area contributed by atoms with E-state index in [2.05, 4.69) is 5.16 Å². The summed E-state index contributed by atoms with van der Waals surface area (Å²) in [5.74, 6) is 0.270. The summed E-state index contributed by atoms with van der Waals surface area (Å²) in [7, 11) is 1.54. The summed E-state index contributed by atoms with van der Waals surface area (Å²) in [5.41, 5.74) is 1.09. The van der Waals surface area contributed by atoms with Crippen LogP contribution in [0.1, 0.15) is 32.8 Å². The van der Waals surface area contributed by atoms with Gasteiger partial charge in [-0.1, -0.05) is 5.16 Å². The van der Waals surface area contributed by atoms with E-state index in [0.717, 1.165) is 17.7 Å². The molecule has 0 spiro atoms. The number of carbonyl (C=O) groups excluding carboxylic acids is 2. The smallest absolute Gasteiger partial charge is 0.234 e. The van der Waals surface area contributed by atoms with Gasteiger partial charge in [-0.2, -0.15) is 5.26 Å². The number of rotatable bonds is 4. The molecular weight excluding hydrogens is 398 g/mol. The van der Waals surface area contributed by atoms with Gasteiger partial charge < -0.3 is 14.3 Å². The number of methoxy groups -OCH3 is 1. The van der Waals surface area contributed by atoms with Crippen LogP contribution in [-0.4, -0.2) is 47.8 Å². The molecule has 8 heteroatoms. The van der Waals surface area contributed by atoms with Crippen LogP contribution in [0.15, 0.2) is 23.4 Å². The SMILES string of the molecule is COc1cc(C2=NOC3C4CC(C23)C2C(=O)N(C(C)(C)C)C(=O)C42)ccc1OCC#N. The summed E-state index contributed by atoms with van der Waals surface area (Å²) in [6, 6.07) is 7.39. The van der Waals surface area contributed by atoms with Crippen LogP contribution >= 0.6 is 0 Å². The maximum absolute atomic E-state index is 13.3. The van der Waals surface area contributed by atoms with E-state index in [1.807, 2.05) is 39.0 Å². The van der Waals surface area contributed by atoms with Gasteiger partial charge in [-0.3, -0.25) is 14.5 Å². The molecule has 1 aromatic rings. The fourth-order valence-electron chi connectivity index (χ4n) is 6.08. The van der Waals surface area contributed by atoms with Crippen molar-refractivity contribution in [3.63, 3.8) is 0 Å². The predicted octanol–water partition coefficient (Wildman–Crippen LogP) is 2.37. The summed E-state index contributed by atoms with van der Waals surface area (Å²) in [4.78, 5) is 33.7. The average molecular weight is 423 g/mol. The van der Waals surface area contributed by atoms with E-state index in [4.69, 9.17) is 19.6 Å². The maximum Gasteiger partial charge on any atom is 0.234 e. The topological polar surface area (TPSA) is 101 Å². The van der Waals surface area contributed by atoms with Crippen molar-refractivity contribution < 1.29 is 23.9 Å². The van der Waals surface area contributed by atoms with Crippen molar-refractivity contribution in [2.75, 3.05) is 13.7 Å². The number of hydrogen-bond acceptors (Lipinski definition) is 7. The average Bonchev–Trinajstić information content (AvgIpc) is 3.45. The van der Waals surface area contributed by atoms with E-state index in [1.165, 1.54) is 4.90 Å². The Labute approximate surface area is 180 Å². The first-order valence-electron chi connectivity index (χ1n) is 10.6. The number of benzene rings is 1. The first kappa shape index (κ1) is 19.9. The van der Waals surface area contributed by atoms with Gasteiger partial charge >= 0.3 is 0 Å². The van der Waals surface area contributed by atoms with Gasteiger partial charge in [0.1, 0.15) is 12.2 Å². The molecule has 162 valence electrons. The number of fused-ring (bicyclic) bond motifs is 8. The molecule has 31 heavy (non-hydrogen) atoms. The molecule has 6 unspecified atom stereocenters. The van der Waals surface area contributed by atoms with Crippen molar-refractivity contribution in [1.82, 2.24) is 4.90 Å². The third-order valence-corrected chi connectivity index (χ3v) is 7.11. The quantitative estimate of drug-likeness (QED) is 0.689. The molecule has 0 N–H and O–H groups in total. The van der Waals surface area contributed by atoms with Gasteiger partial charge in [0.15, 0.2) is 18.1 Å². The monoisotopic (exact) mass is 423 g/mol. The van der Waals surface area contributed by atoms with Gasteiger partial charge in [-0.25, -0.2) is 0 Å². The number of oxime groups is 1. The molecule has 3 fully saturated rings. The van der Waals surface area contributed by atoms with Gasteiger partial charge in [0.25, 0.3) is 0 Å². The number of carbonyl (C=O) groups is 2. The fourth-order valence-corrected chi connectivity index (χ4v) is 6.08. The molecule has 2 aliphatic carbocycles. The molecule has 2 aliphatic heterocycles. The molecule has 6 atom stereocenters. The van der Waals surface area contributed by atoms with Crippen molar-refractivity contribution in [2.45, 2.75) is 38.8 Å². The third-order valence-electron chi connectivity index (χ3n) is 7.11. The number of imide groups is 1. The highest BCUT2D eigenvalue weighted by atomic mass is 16.6. The second-order valence-corrected chi connectivity index (χ2v) is 9.68. The van der Waals surface area contributed by atoms with Crippen molar-refractivity contribution >= 4 is 17.5 Å². The lowest BCUT2D eigenvalue weighted by molar-refractivity contribution is -0.146.